The molecule has 1 aromatic rings. The second-order valence-electron chi connectivity index (χ2n) is 5.02. The zero-order valence-electron chi connectivity index (χ0n) is 11.8. The lowest BCUT2D eigenvalue weighted by atomic mass is 9.94. The normalized spacial score (nSPS) is 14.0. The van der Waals surface area contributed by atoms with E-state index in [-0.39, 0.29) is 18.7 Å². The molecule has 0 amide bonds. The summed E-state index contributed by atoms with van der Waals surface area (Å²) < 4.78 is 1.22. The van der Waals surface area contributed by atoms with Crippen molar-refractivity contribution in [1.29, 1.82) is 0 Å². The van der Waals surface area contributed by atoms with Crippen molar-refractivity contribution >= 4 is 5.97 Å². The van der Waals surface area contributed by atoms with Gasteiger partial charge >= 0.3 is 5.97 Å². The topological polar surface area (TPSA) is 99.8 Å². The van der Waals surface area contributed by atoms with Gasteiger partial charge in [-0.3, -0.25) is 4.79 Å². The fraction of sp³-hybridized carbons (Fsp3) is 0.571. The van der Waals surface area contributed by atoms with Crippen LogP contribution < -0.4 is 5.56 Å². The smallest absolute Gasteiger partial charge is 0.341 e. The van der Waals surface area contributed by atoms with Gasteiger partial charge in [0, 0.05) is 12.8 Å². The number of aryl methyl sites for hydroxylation is 1. The molecule has 0 saturated heterocycles. The van der Waals surface area contributed by atoms with Crippen LogP contribution in [0.15, 0.2) is 17.1 Å². The molecule has 1 unspecified atom stereocenters. The van der Waals surface area contributed by atoms with Crippen molar-refractivity contribution in [1.82, 2.24) is 4.57 Å². The van der Waals surface area contributed by atoms with E-state index in [9.17, 15) is 14.7 Å². The van der Waals surface area contributed by atoms with E-state index in [2.05, 4.69) is 0 Å². The summed E-state index contributed by atoms with van der Waals surface area (Å²) in [6, 6.07) is 1.55. The highest BCUT2D eigenvalue weighted by molar-refractivity contribution is 5.88. The van der Waals surface area contributed by atoms with E-state index in [0.717, 1.165) is 0 Å². The SMILES string of the molecule is CCC(O)(CCCO)Cn1ccc(C)c(C(=O)O)c1=O. The van der Waals surface area contributed by atoms with E-state index in [4.69, 9.17) is 10.2 Å². The highest BCUT2D eigenvalue weighted by atomic mass is 16.4. The molecule has 0 spiro atoms. The monoisotopic (exact) mass is 283 g/mol. The quantitative estimate of drug-likeness (QED) is 0.686. The number of nitrogens with zero attached hydrogens (tertiary/aromatic N) is 1. The van der Waals surface area contributed by atoms with Gasteiger partial charge in [-0.25, -0.2) is 4.79 Å². The van der Waals surface area contributed by atoms with Crippen LogP contribution in [0.5, 0.6) is 0 Å². The molecule has 0 aromatic carbocycles. The summed E-state index contributed by atoms with van der Waals surface area (Å²) in [7, 11) is 0. The van der Waals surface area contributed by atoms with E-state index in [1.807, 2.05) is 0 Å². The standard InChI is InChI=1S/C14H21NO5/c1-3-14(20,6-4-8-16)9-15-7-5-10(2)11(12(15)17)13(18)19/h5,7,16,20H,3-4,6,8-9H2,1-2H3,(H,18,19). The Morgan fingerprint density at radius 1 is 1.45 bits per heavy atom. The Hall–Kier alpha value is -1.66. The van der Waals surface area contributed by atoms with E-state index in [1.54, 1.807) is 19.9 Å². The van der Waals surface area contributed by atoms with Gasteiger partial charge in [0.2, 0.25) is 0 Å². The number of aromatic carboxylic acids is 1. The predicted molar refractivity (Wildman–Crippen MR) is 74.0 cm³/mol. The van der Waals surface area contributed by atoms with Gasteiger partial charge < -0.3 is 19.9 Å². The molecule has 112 valence electrons. The van der Waals surface area contributed by atoms with Crippen LogP contribution in [0.25, 0.3) is 0 Å². The van der Waals surface area contributed by atoms with Crippen molar-refractivity contribution in [2.45, 2.75) is 45.3 Å². The zero-order valence-corrected chi connectivity index (χ0v) is 11.8. The molecule has 0 aliphatic rings. The molecule has 3 N–H and O–H groups in total. The number of carboxylic acids is 1. The fourth-order valence-corrected chi connectivity index (χ4v) is 2.14. The number of aliphatic hydroxyl groups excluding tert-OH is 1. The average Bonchev–Trinajstić information content (AvgIpc) is 2.39. The Bertz CT molecular complexity index is 537. The molecule has 20 heavy (non-hydrogen) atoms. The van der Waals surface area contributed by atoms with Gasteiger partial charge in [0.1, 0.15) is 5.56 Å². The number of hydrogen-bond acceptors (Lipinski definition) is 4. The summed E-state index contributed by atoms with van der Waals surface area (Å²) in [6.07, 6.45) is 2.68. The summed E-state index contributed by atoms with van der Waals surface area (Å²) in [4.78, 5) is 23.2. The Labute approximate surface area is 117 Å². The number of carboxylic acid groups (broad SMARTS) is 1. The minimum Gasteiger partial charge on any atom is -0.477 e. The van der Waals surface area contributed by atoms with E-state index in [0.29, 0.717) is 24.8 Å². The van der Waals surface area contributed by atoms with Crippen LogP contribution in [0.4, 0.5) is 0 Å². The molecule has 0 bridgehead atoms. The molecule has 6 nitrogen and oxygen atoms in total. The van der Waals surface area contributed by atoms with Crippen LogP contribution in [-0.2, 0) is 6.54 Å². The maximum absolute atomic E-state index is 12.1. The molecule has 0 aliphatic carbocycles. The zero-order chi connectivity index (χ0) is 15.3. The predicted octanol–water partition coefficient (Wildman–Crippen LogP) is 0.769. The lowest BCUT2D eigenvalue weighted by molar-refractivity contribution is 0.00388. The second-order valence-corrected chi connectivity index (χ2v) is 5.02. The molecule has 1 rings (SSSR count). The Morgan fingerprint density at radius 3 is 2.60 bits per heavy atom. The summed E-state index contributed by atoms with van der Waals surface area (Å²) in [5.74, 6) is -1.27. The van der Waals surface area contributed by atoms with Crippen LogP contribution in [0.3, 0.4) is 0 Å². The number of rotatable bonds is 7. The van der Waals surface area contributed by atoms with Gasteiger partial charge in [-0.2, -0.15) is 0 Å². The highest BCUT2D eigenvalue weighted by Gasteiger charge is 2.26. The van der Waals surface area contributed by atoms with E-state index in [1.165, 1.54) is 10.8 Å². The third-order valence-electron chi connectivity index (χ3n) is 3.51. The minimum atomic E-state index is -1.27. The first-order chi connectivity index (χ1) is 9.34. The molecule has 1 atom stereocenters. The van der Waals surface area contributed by atoms with Gasteiger partial charge in [0.25, 0.3) is 5.56 Å². The lowest BCUT2D eigenvalue weighted by Gasteiger charge is -2.27. The van der Waals surface area contributed by atoms with Crippen LogP contribution in [0.2, 0.25) is 0 Å². The largest absolute Gasteiger partial charge is 0.477 e. The molecular formula is C14H21NO5. The van der Waals surface area contributed by atoms with Crippen molar-refractivity contribution in [2.75, 3.05) is 6.61 Å². The van der Waals surface area contributed by atoms with Crippen LogP contribution in [0.1, 0.15) is 42.1 Å². The Balaban J connectivity index is 3.12. The van der Waals surface area contributed by atoms with E-state index < -0.39 is 17.1 Å². The van der Waals surface area contributed by atoms with Gasteiger partial charge in [-0.15, -0.1) is 0 Å². The van der Waals surface area contributed by atoms with Crippen molar-refractivity contribution in [2.24, 2.45) is 0 Å². The summed E-state index contributed by atoms with van der Waals surface area (Å²) >= 11 is 0. The van der Waals surface area contributed by atoms with Crippen LogP contribution in [-0.4, -0.2) is 38.1 Å². The molecule has 6 heteroatoms. The molecule has 1 heterocycles. The third-order valence-corrected chi connectivity index (χ3v) is 3.51. The van der Waals surface area contributed by atoms with Gasteiger partial charge in [-0.1, -0.05) is 6.92 Å². The lowest BCUT2D eigenvalue weighted by Crippen LogP contribution is -2.39. The first-order valence-corrected chi connectivity index (χ1v) is 6.61. The molecule has 0 radical (unpaired) electrons. The number of aliphatic hydroxyl groups is 2. The summed E-state index contributed by atoms with van der Waals surface area (Å²) in [6.45, 7) is 3.33. The van der Waals surface area contributed by atoms with Crippen molar-refractivity contribution in [3.8, 4) is 0 Å². The minimum absolute atomic E-state index is 0.0168. The average molecular weight is 283 g/mol. The van der Waals surface area contributed by atoms with Gasteiger partial charge in [0.15, 0.2) is 0 Å². The number of carbonyl (C=O) groups is 1. The Kier molecular flexibility index (Phi) is 5.47. The highest BCUT2D eigenvalue weighted by Crippen LogP contribution is 2.19. The van der Waals surface area contributed by atoms with Gasteiger partial charge in [-0.05, 0) is 37.8 Å². The van der Waals surface area contributed by atoms with Crippen molar-refractivity contribution in [3.63, 3.8) is 0 Å². The first-order valence-electron chi connectivity index (χ1n) is 6.61. The van der Waals surface area contributed by atoms with E-state index >= 15 is 0 Å². The second kappa shape index (κ2) is 6.67. The number of aromatic nitrogens is 1. The first kappa shape index (κ1) is 16.4. The number of hydrogen-bond donors (Lipinski definition) is 3. The number of pyridine rings is 1. The molecule has 1 aromatic heterocycles. The third kappa shape index (κ3) is 3.68. The summed E-state index contributed by atoms with van der Waals surface area (Å²) in [5.41, 5.74) is -1.62. The van der Waals surface area contributed by atoms with Crippen LogP contribution >= 0.6 is 0 Å². The maximum Gasteiger partial charge on any atom is 0.341 e. The van der Waals surface area contributed by atoms with Crippen molar-refractivity contribution < 1.29 is 20.1 Å². The molecule has 0 saturated carbocycles. The van der Waals surface area contributed by atoms with Crippen molar-refractivity contribution in [3.05, 3.63) is 33.7 Å². The molecular weight excluding hydrogens is 262 g/mol. The molecule has 0 aliphatic heterocycles. The molecule has 0 fully saturated rings. The maximum atomic E-state index is 12.1. The van der Waals surface area contributed by atoms with Crippen LogP contribution in [0, 0.1) is 6.92 Å². The summed E-state index contributed by atoms with van der Waals surface area (Å²) in [5, 5.41) is 28.3. The fourth-order valence-electron chi connectivity index (χ4n) is 2.14. The Morgan fingerprint density at radius 2 is 2.10 bits per heavy atom. The van der Waals surface area contributed by atoms with Gasteiger partial charge in [0.05, 0.1) is 12.1 Å².